The van der Waals surface area contributed by atoms with Crippen molar-refractivity contribution in [2.45, 2.75) is 32.1 Å². The van der Waals surface area contributed by atoms with Gasteiger partial charge in [0.2, 0.25) is 11.8 Å². The van der Waals surface area contributed by atoms with Gasteiger partial charge >= 0.3 is 0 Å². The monoisotopic (exact) mass is 286 g/mol. The van der Waals surface area contributed by atoms with Crippen molar-refractivity contribution in [1.82, 2.24) is 4.98 Å². The zero-order valence-electron chi connectivity index (χ0n) is 12.5. The summed E-state index contributed by atoms with van der Waals surface area (Å²) >= 11 is 0. The molecular weight excluding hydrogens is 264 g/mol. The lowest BCUT2D eigenvalue weighted by Gasteiger charge is -2.17. The van der Waals surface area contributed by atoms with Crippen molar-refractivity contribution in [3.05, 3.63) is 36.6 Å². The van der Waals surface area contributed by atoms with Crippen molar-refractivity contribution < 1.29 is 9.53 Å². The third-order valence-corrected chi connectivity index (χ3v) is 3.72. The Kier molecular flexibility index (Phi) is 5.55. The SMILES string of the molecule is C=CC(=O)Nc1cnc(OC)c(/C=C/C2CCCCC2)c1. The van der Waals surface area contributed by atoms with Crippen molar-refractivity contribution in [2.75, 3.05) is 12.4 Å². The number of nitrogens with zero attached hydrogens (tertiary/aromatic N) is 1. The molecule has 2 rings (SSSR count). The van der Waals surface area contributed by atoms with Gasteiger partial charge in [-0.05, 0) is 30.9 Å². The second-order valence-electron chi connectivity index (χ2n) is 5.27. The van der Waals surface area contributed by atoms with Crippen LogP contribution in [0.25, 0.3) is 6.08 Å². The number of carbonyl (C=O) groups is 1. The van der Waals surface area contributed by atoms with E-state index in [1.807, 2.05) is 12.1 Å². The summed E-state index contributed by atoms with van der Waals surface area (Å²) in [6, 6.07) is 1.87. The van der Waals surface area contributed by atoms with Gasteiger partial charge in [0, 0.05) is 5.56 Å². The molecule has 1 aliphatic carbocycles. The maximum atomic E-state index is 11.3. The Morgan fingerprint density at radius 1 is 1.43 bits per heavy atom. The number of anilines is 1. The Balaban J connectivity index is 2.14. The first kappa shape index (κ1) is 15.3. The summed E-state index contributed by atoms with van der Waals surface area (Å²) in [6.45, 7) is 3.44. The number of nitrogens with one attached hydrogen (secondary N) is 1. The van der Waals surface area contributed by atoms with Gasteiger partial charge in [0.15, 0.2) is 0 Å². The van der Waals surface area contributed by atoms with Crippen LogP contribution in [-0.4, -0.2) is 18.0 Å². The highest BCUT2D eigenvalue weighted by molar-refractivity contribution is 5.98. The van der Waals surface area contributed by atoms with Crippen molar-refractivity contribution in [3.63, 3.8) is 0 Å². The first-order valence-corrected chi connectivity index (χ1v) is 7.38. The first-order valence-electron chi connectivity index (χ1n) is 7.38. The first-order chi connectivity index (χ1) is 10.2. The van der Waals surface area contributed by atoms with Crippen LogP contribution in [0.5, 0.6) is 5.88 Å². The molecular formula is C17H22N2O2. The van der Waals surface area contributed by atoms with E-state index in [-0.39, 0.29) is 5.91 Å². The average Bonchev–Trinajstić information content (AvgIpc) is 2.54. The summed E-state index contributed by atoms with van der Waals surface area (Å²) in [5.74, 6) is 0.956. The predicted molar refractivity (Wildman–Crippen MR) is 85.2 cm³/mol. The minimum Gasteiger partial charge on any atom is -0.481 e. The van der Waals surface area contributed by atoms with Gasteiger partial charge in [0.05, 0.1) is 19.0 Å². The summed E-state index contributed by atoms with van der Waals surface area (Å²) < 4.78 is 5.28. The molecule has 0 spiro atoms. The lowest BCUT2D eigenvalue weighted by atomic mass is 9.89. The molecule has 0 radical (unpaired) electrons. The predicted octanol–water partition coefficient (Wildman–Crippen LogP) is 3.81. The van der Waals surface area contributed by atoms with E-state index in [4.69, 9.17) is 4.74 Å². The van der Waals surface area contributed by atoms with E-state index in [9.17, 15) is 4.79 Å². The van der Waals surface area contributed by atoms with Crippen LogP contribution in [0.4, 0.5) is 5.69 Å². The quantitative estimate of drug-likeness (QED) is 0.837. The van der Waals surface area contributed by atoms with Gasteiger partial charge in [-0.25, -0.2) is 4.98 Å². The van der Waals surface area contributed by atoms with Crippen LogP contribution >= 0.6 is 0 Å². The number of aromatic nitrogens is 1. The van der Waals surface area contributed by atoms with Gasteiger partial charge in [0.1, 0.15) is 0 Å². The Morgan fingerprint density at radius 3 is 2.86 bits per heavy atom. The van der Waals surface area contributed by atoms with Crippen LogP contribution in [0.2, 0.25) is 0 Å². The van der Waals surface area contributed by atoms with E-state index in [0.29, 0.717) is 17.5 Å². The van der Waals surface area contributed by atoms with Crippen LogP contribution in [-0.2, 0) is 4.79 Å². The maximum Gasteiger partial charge on any atom is 0.247 e. The van der Waals surface area contributed by atoms with E-state index in [1.54, 1.807) is 13.3 Å². The van der Waals surface area contributed by atoms with Crippen molar-refractivity contribution in [3.8, 4) is 5.88 Å². The number of pyridine rings is 1. The number of hydrogen-bond donors (Lipinski definition) is 1. The molecule has 4 nitrogen and oxygen atoms in total. The summed E-state index contributed by atoms with van der Waals surface area (Å²) in [4.78, 5) is 15.6. The van der Waals surface area contributed by atoms with E-state index < -0.39 is 0 Å². The molecule has 1 aromatic heterocycles. The molecule has 0 aromatic carbocycles. The van der Waals surface area contributed by atoms with Crippen LogP contribution in [0.15, 0.2) is 31.0 Å². The zero-order valence-corrected chi connectivity index (χ0v) is 12.5. The van der Waals surface area contributed by atoms with Gasteiger partial charge in [-0.15, -0.1) is 0 Å². The number of carbonyl (C=O) groups excluding carboxylic acids is 1. The van der Waals surface area contributed by atoms with Gasteiger partial charge in [-0.3, -0.25) is 4.79 Å². The molecule has 112 valence electrons. The Bertz CT molecular complexity index is 532. The summed E-state index contributed by atoms with van der Waals surface area (Å²) in [6.07, 6.45) is 13.6. The van der Waals surface area contributed by atoms with E-state index >= 15 is 0 Å². The summed E-state index contributed by atoms with van der Waals surface area (Å²) in [5, 5.41) is 2.71. The third kappa shape index (κ3) is 4.45. The topological polar surface area (TPSA) is 51.2 Å². The molecule has 0 atom stereocenters. The zero-order chi connectivity index (χ0) is 15.1. The van der Waals surface area contributed by atoms with Gasteiger partial charge < -0.3 is 10.1 Å². The number of ether oxygens (including phenoxy) is 1. The normalized spacial score (nSPS) is 15.9. The smallest absolute Gasteiger partial charge is 0.247 e. The number of amides is 1. The van der Waals surface area contributed by atoms with Crippen molar-refractivity contribution >= 4 is 17.7 Å². The van der Waals surface area contributed by atoms with Crippen LogP contribution in [0, 0.1) is 5.92 Å². The van der Waals surface area contributed by atoms with Crippen LogP contribution in [0.1, 0.15) is 37.7 Å². The lowest BCUT2D eigenvalue weighted by molar-refractivity contribution is -0.111. The minimum atomic E-state index is -0.246. The largest absolute Gasteiger partial charge is 0.481 e. The second kappa shape index (κ2) is 7.62. The molecule has 1 amide bonds. The Morgan fingerprint density at radius 2 is 2.19 bits per heavy atom. The summed E-state index contributed by atoms with van der Waals surface area (Å²) in [5.41, 5.74) is 1.52. The molecule has 21 heavy (non-hydrogen) atoms. The molecule has 1 fully saturated rings. The van der Waals surface area contributed by atoms with Crippen LogP contribution < -0.4 is 10.1 Å². The highest BCUT2D eigenvalue weighted by atomic mass is 16.5. The number of hydrogen-bond acceptors (Lipinski definition) is 3. The van der Waals surface area contributed by atoms with Crippen LogP contribution in [0.3, 0.4) is 0 Å². The molecule has 1 N–H and O–H groups in total. The Hall–Kier alpha value is -2.10. The standard InChI is InChI=1S/C17H22N2O2/c1-3-16(20)19-15-11-14(17(21-2)18-12-15)10-9-13-7-5-4-6-8-13/h3,9-13H,1,4-8H2,2H3,(H,19,20)/b10-9+. The highest BCUT2D eigenvalue weighted by Gasteiger charge is 2.11. The molecule has 0 saturated heterocycles. The van der Waals surface area contributed by atoms with Crippen molar-refractivity contribution in [2.24, 2.45) is 5.92 Å². The fourth-order valence-electron chi connectivity index (χ4n) is 2.59. The van der Waals surface area contributed by atoms with Gasteiger partial charge in [-0.1, -0.05) is 38.0 Å². The molecule has 0 bridgehead atoms. The molecule has 4 heteroatoms. The Labute approximate surface area is 125 Å². The summed E-state index contributed by atoms with van der Waals surface area (Å²) in [7, 11) is 1.60. The molecule has 1 aromatic rings. The highest BCUT2D eigenvalue weighted by Crippen LogP contribution is 2.27. The maximum absolute atomic E-state index is 11.3. The van der Waals surface area contributed by atoms with Gasteiger partial charge in [0.25, 0.3) is 0 Å². The fourth-order valence-corrected chi connectivity index (χ4v) is 2.59. The fraction of sp³-hybridized carbons (Fsp3) is 0.412. The number of allylic oxidation sites excluding steroid dienone is 1. The molecule has 1 heterocycles. The average molecular weight is 286 g/mol. The number of methoxy groups -OCH3 is 1. The molecule has 1 aliphatic rings. The minimum absolute atomic E-state index is 0.246. The van der Waals surface area contributed by atoms with E-state index in [2.05, 4.69) is 23.0 Å². The van der Waals surface area contributed by atoms with E-state index in [0.717, 1.165) is 5.56 Å². The van der Waals surface area contributed by atoms with Crippen molar-refractivity contribution in [1.29, 1.82) is 0 Å². The second-order valence-corrected chi connectivity index (χ2v) is 5.27. The lowest BCUT2D eigenvalue weighted by Crippen LogP contribution is -2.08. The molecule has 1 saturated carbocycles. The van der Waals surface area contributed by atoms with E-state index in [1.165, 1.54) is 38.2 Å². The molecule has 0 aliphatic heterocycles. The molecule has 0 unspecified atom stereocenters. The number of rotatable bonds is 5. The van der Waals surface area contributed by atoms with Gasteiger partial charge in [-0.2, -0.15) is 0 Å². The third-order valence-electron chi connectivity index (χ3n) is 3.72.